The second kappa shape index (κ2) is 8.86. The number of nitrogens with one attached hydrogen (secondary N) is 1. The zero-order chi connectivity index (χ0) is 20.2. The normalized spacial score (nSPS) is 16.0. The van der Waals surface area contributed by atoms with Crippen LogP contribution in [0.25, 0.3) is 10.8 Å². The lowest BCUT2D eigenvalue weighted by Gasteiger charge is -2.24. The van der Waals surface area contributed by atoms with Crippen molar-refractivity contribution in [2.45, 2.75) is 61.9 Å². The van der Waals surface area contributed by atoms with Gasteiger partial charge in [-0.2, -0.15) is 0 Å². The molecule has 1 saturated carbocycles. The zero-order valence-electron chi connectivity index (χ0n) is 16.7. The van der Waals surface area contributed by atoms with Crippen LogP contribution in [0.15, 0.2) is 47.6 Å². The van der Waals surface area contributed by atoms with Gasteiger partial charge in [-0.15, -0.1) is 10.2 Å². The number of nitrogens with zero attached hydrogens (tertiary/aromatic N) is 3. The summed E-state index contributed by atoms with van der Waals surface area (Å²) in [7, 11) is 0. The second-order valence-electron chi connectivity index (χ2n) is 7.69. The summed E-state index contributed by atoms with van der Waals surface area (Å²) >= 11 is 1.35. The Morgan fingerprint density at radius 1 is 1.17 bits per heavy atom. The van der Waals surface area contributed by atoms with Crippen molar-refractivity contribution in [1.29, 1.82) is 0 Å². The number of fused-ring (bicyclic) bond motifs is 1. The Hall–Kier alpha value is -2.54. The summed E-state index contributed by atoms with van der Waals surface area (Å²) in [6, 6.07) is 14.8. The molecule has 1 aliphatic rings. The van der Waals surface area contributed by atoms with E-state index in [4.69, 9.17) is 5.84 Å². The van der Waals surface area contributed by atoms with Gasteiger partial charge >= 0.3 is 0 Å². The molecule has 6 nitrogen and oxygen atoms in total. The van der Waals surface area contributed by atoms with Crippen LogP contribution in [0.4, 0.5) is 0 Å². The number of nitrogens with two attached hydrogens (primary N) is 1. The summed E-state index contributed by atoms with van der Waals surface area (Å²) in [5.74, 6) is 6.99. The molecule has 0 radical (unpaired) electrons. The van der Waals surface area contributed by atoms with E-state index in [0.29, 0.717) is 23.4 Å². The van der Waals surface area contributed by atoms with Crippen molar-refractivity contribution < 1.29 is 4.79 Å². The number of hydrogen-bond donors (Lipinski definition) is 2. The van der Waals surface area contributed by atoms with Crippen LogP contribution in [-0.4, -0.2) is 32.1 Å². The predicted molar refractivity (Wildman–Crippen MR) is 117 cm³/mol. The molecule has 0 spiro atoms. The first-order valence-corrected chi connectivity index (χ1v) is 11.1. The number of benzene rings is 2. The molecular formula is C22H27N5OS. The van der Waals surface area contributed by atoms with Crippen molar-refractivity contribution in [1.82, 2.24) is 20.2 Å². The van der Waals surface area contributed by atoms with Gasteiger partial charge in [0.2, 0.25) is 11.1 Å². The minimum absolute atomic E-state index is 0.0421. The highest BCUT2D eigenvalue weighted by molar-refractivity contribution is 8.00. The van der Waals surface area contributed by atoms with Gasteiger partial charge in [0.15, 0.2) is 5.82 Å². The molecule has 2 aromatic carbocycles. The highest BCUT2D eigenvalue weighted by Crippen LogP contribution is 2.25. The Balaban J connectivity index is 1.43. The first kappa shape index (κ1) is 19.8. The van der Waals surface area contributed by atoms with E-state index in [1.807, 2.05) is 25.1 Å². The third-order valence-corrected chi connectivity index (χ3v) is 6.62. The van der Waals surface area contributed by atoms with Gasteiger partial charge < -0.3 is 11.2 Å². The Morgan fingerprint density at radius 3 is 2.76 bits per heavy atom. The fourth-order valence-corrected chi connectivity index (χ4v) is 4.70. The molecule has 1 aliphatic carbocycles. The average Bonchev–Trinajstić information content (AvgIpc) is 3.08. The summed E-state index contributed by atoms with van der Waals surface area (Å²) < 4.78 is 1.51. The molecule has 0 saturated heterocycles. The quantitative estimate of drug-likeness (QED) is 0.479. The fourth-order valence-electron chi connectivity index (χ4n) is 3.90. The molecule has 3 aromatic rings. The lowest BCUT2D eigenvalue weighted by Crippen LogP contribution is -2.40. The van der Waals surface area contributed by atoms with Gasteiger partial charge in [0.1, 0.15) is 0 Å². The Kier molecular flexibility index (Phi) is 6.04. The molecule has 152 valence electrons. The molecular weight excluding hydrogens is 382 g/mol. The highest BCUT2D eigenvalue weighted by Gasteiger charge is 2.23. The van der Waals surface area contributed by atoms with Crippen molar-refractivity contribution in [3.63, 3.8) is 0 Å². The zero-order valence-corrected chi connectivity index (χ0v) is 17.5. The highest BCUT2D eigenvalue weighted by atomic mass is 32.2. The van der Waals surface area contributed by atoms with Crippen LogP contribution in [0.1, 0.15) is 50.4 Å². The van der Waals surface area contributed by atoms with Gasteiger partial charge in [0.25, 0.3) is 0 Å². The Labute approximate surface area is 175 Å². The standard InChI is InChI=1S/C22H27N5OS/c1-15(21(28)24-18-11-3-2-4-12-18)29-22-26-25-20(27(22)23)14-17-10-7-9-16-8-5-6-13-19(16)17/h5-10,13,15,18H,2-4,11-12,14,23H2,1H3,(H,24,28)/t15-/m1/s1. The molecule has 1 heterocycles. The summed E-state index contributed by atoms with van der Waals surface area (Å²) in [4.78, 5) is 12.5. The van der Waals surface area contributed by atoms with E-state index < -0.39 is 0 Å². The minimum Gasteiger partial charge on any atom is -0.352 e. The van der Waals surface area contributed by atoms with Crippen LogP contribution in [0.2, 0.25) is 0 Å². The van der Waals surface area contributed by atoms with Crippen LogP contribution < -0.4 is 11.2 Å². The number of hydrogen-bond acceptors (Lipinski definition) is 5. The number of carbonyl (C=O) groups excluding carboxylic acids is 1. The van der Waals surface area contributed by atoms with Crippen LogP contribution >= 0.6 is 11.8 Å². The average molecular weight is 410 g/mol. The van der Waals surface area contributed by atoms with Crippen molar-refractivity contribution in [3.05, 3.63) is 53.9 Å². The van der Waals surface area contributed by atoms with Crippen LogP contribution in [-0.2, 0) is 11.2 Å². The van der Waals surface area contributed by atoms with E-state index in [2.05, 4.69) is 39.8 Å². The number of amides is 1. The van der Waals surface area contributed by atoms with Crippen molar-refractivity contribution in [2.24, 2.45) is 0 Å². The first-order chi connectivity index (χ1) is 14.1. The molecule has 1 fully saturated rings. The van der Waals surface area contributed by atoms with E-state index in [1.54, 1.807) is 0 Å². The number of nitrogen functional groups attached to an aromatic ring is 1. The van der Waals surface area contributed by atoms with E-state index in [1.165, 1.54) is 46.5 Å². The topological polar surface area (TPSA) is 85.8 Å². The van der Waals surface area contributed by atoms with Crippen LogP contribution in [0.3, 0.4) is 0 Å². The monoisotopic (exact) mass is 409 g/mol. The molecule has 1 amide bonds. The molecule has 7 heteroatoms. The van der Waals surface area contributed by atoms with Crippen LogP contribution in [0, 0.1) is 0 Å². The molecule has 0 bridgehead atoms. The van der Waals surface area contributed by atoms with E-state index in [-0.39, 0.29) is 11.2 Å². The Bertz CT molecular complexity index is 991. The maximum atomic E-state index is 12.5. The third kappa shape index (κ3) is 4.56. The predicted octanol–water partition coefficient (Wildman–Crippen LogP) is 3.67. The number of aromatic nitrogens is 3. The minimum atomic E-state index is -0.270. The molecule has 4 rings (SSSR count). The molecule has 1 aromatic heterocycles. The van der Waals surface area contributed by atoms with Crippen LogP contribution in [0.5, 0.6) is 0 Å². The Morgan fingerprint density at radius 2 is 1.93 bits per heavy atom. The smallest absolute Gasteiger partial charge is 0.233 e. The van der Waals surface area contributed by atoms with E-state index >= 15 is 0 Å². The molecule has 0 unspecified atom stereocenters. The SMILES string of the molecule is C[C@@H](Sc1nnc(Cc2cccc3ccccc23)n1N)C(=O)NC1CCCCC1. The summed E-state index contributed by atoms with van der Waals surface area (Å²) in [5.41, 5.74) is 1.15. The van der Waals surface area contributed by atoms with Gasteiger partial charge in [-0.25, -0.2) is 4.68 Å². The maximum Gasteiger partial charge on any atom is 0.233 e. The number of rotatable bonds is 6. The largest absolute Gasteiger partial charge is 0.352 e. The molecule has 29 heavy (non-hydrogen) atoms. The lowest BCUT2D eigenvalue weighted by molar-refractivity contribution is -0.121. The van der Waals surface area contributed by atoms with Gasteiger partial charge in [0.05, 0.1) is 5.25 Å². The summed E-state index contributed by atoms with van der Waals surface area (Å²) in [6.07, 6.45) is 6.40. The molecule has 3 N–H and O–H groups in total. The first-order valence-electron chi connectivity index (χ1n) is 10.2. The summed E-state index contributed by atoms with van der Waals surface area (Å²) in [5, 5.41) is 14.4. The fraction of sp³-hybridized carbons (Fsp3) is 0.409. The van der Waals surface area contributed by atoms with E-state index in [0.717, 1.165) is 18.4 Å². The number of carbonyl (C=O) groups is 1. The van der Waals surface area contributed by atoms with Gasteiger partial charge in [-0.1, -0.05) is 73.5 Å². The van der Waals surface area contributed by atoms with E-state index in [9.17, 15) is 4.79 Å². The van der Waals surface area contributed by atoms with Crippen molar-refractivity contribution >= 4 is 28.4 Å². The lowest BCUT2D eigenvalue weighted by atomic mass is 9.95. The van der Waals surface area contributed by atoms with Crippen molar-refractivity contribution in [2.75, 3.05) is 5.84 Å². The van der Waals surface area contributed by atoms with Gasteiger partial charge in [-0.05, 0) is 36.1 Å². The van der Waals surface area contributed by atoms with Gasteiger partial charge in [-0.3, -0.25) is 4.79 Å². The molecule has 1 atom stereocenters. The number of thioether (sulfide) groups is 1. The third-order valence-electron chi connectivity index (χ3n) is 5.57. The van der Waals surface area contributed by atoms with Crippen molar-refractivity contribution in [3.8, 4) is 0 Å². The maximum absolute atomic E-state index is 12.5. The van der Waals surface area contributed by atoms with Gasteiger partial charge in [0, 0.05) is 12.5 Å². The second-order valence-corrected chi connectivity index (χ2v) is 9.00. The summed E-state index contributed by atoms with van der Waals surface area (Å²) in [6.45, 7) is 1.89. The molecule has 0 aliphatic heterocycles.